The lowest BCUT2D eigenvalue weighted by Crippen LogP contribution is -2.15. The Labute approximate surface area is 135 Å². The predicted octanol–water partition coefficient (Wildman–Crippen LogP) is 0.725. The number of esters is 1. The standard InChI is InChI=1S/C14H11N5O5/c1-24-14(21)12-11(16)8(5-15)6-18(12)10-4-7(13(17)20)2-3-9(10)19(22)23/h2-4,6H,16H2,1H3,(H2,17,20). The van der Waals surface area contributed by atoms with E-state index in [2.05, 4.69) is 4.74 Å². The summed E-state index contributed by atoms with van der Waals surface area (Å²) in [6.45, 7) is 0. The van der Waals surface area contributed by atoms with Gasteiger partial charge in [0.25, 0.3) is 5.69 Å². The second kappa shape index (κ2) is 6.09. The van der Waals surface area contributed by atoms with Crippen molar-refractivity contribution in [3.63, 3.8) is 0 Å². The number of hydrogen-bond acceptors (Lipinski definition) is 7. The summed E-state index contributed by atoms with van der Waals surface area (Å²) < 4.78 is 5.64. The van der Waals surface area contributed by atoms with Crippen LogP contribution in [0.4, 0.5) is 11.4 Å². The number of carbonyl (C=O) groups is 2. The van der Waals surface area contributed by atoms with Crippen molar-refractivity contribution < 1.29 is 19.2 Å². The molecular formula is C14H11N5O5. The van der Waals surface area contributed by atoms with E-state index < -0.39 is 22.5 Å². The minimum Gasteiger partial charge on any atom is -0.464 e. The van der Waals surface area contributed by atoms with Crippen LogP contribution in [-0.2, 0) is 4.74 Å². The molecule has 0 saturated heterocycles. The molecule has 0 saturated carbocycles. The first-order valence-electron chi connectivity index (χ1n) is 6.39. The van der Waals surface area contributed by atoms with Gasteiger partial charge in [-0.2, -0.15) is 5.26 Å². The summed E-state index contributed by atoms with van der Waals surface area (Å²) >= 11 is 0. The third-order valence-electron chi connectivity index (χ3n) is 3.26. The van der Waals surface area contributed by atoms with Crippen LogP contribution >= 0.6 is 0 Å². The van der Waals surface area contributed by atoms with Gasteiger partial charge < -0.3 is 20.8 Å². The summed E-state index contributed by atoms with van der Waals surface area (Å²) in [4.78, 5) is 33.9. The van der Waals surface area contributed by atoms with Crippen LogP contribution in [0.1, 0.15) is 26.4 Å². The molecular weight excluding hydrogens is 318 g/mol. The van der Waals surface area contributed by atoms with Crippen LogP contribution < -0.4 is 11.5 Å². The number of nitrogens with two attached hydrogens (primary N) is 2. The first kappa shape index (κ1) is 16.5. The molecule has 0 fully saturated rings. The number of nitriles is 1. The van der Waals surface area contributed by atoms with Crippen LogP contribution in [0.15, 0.2) is 24.4 Å². The number of nitrogens with zero attached hydrogens (tertiary/aromatic N) is 3. The maximum Gasteiger partial charge on any atom is 0.357 e. The average molecular weight is 329 g/mol. The van der Waals surface area contributed by atoms with E-state index in [4.69, 9.17) is 16.7 Å². The summed E-state index contributed by atoms with van der Waals surface area (Å²) in [5.41, 5.74) is 9.82. The van der Waals surface area contributed by atoms with Crippen molar-refractivity contribution in [1.29, 1.82) is 5.26 Å². The summed E-state index contributed by atoms with van der Waals surface area (Å²) in [7, 11) is 1.10. The Hall–Kier alpha value is -3.87. The number of nitrogen functional groups attached to an aromatic ring is 1. The van der Waals surface area contributed by atoms with E-state index in [1.165, 1.54) is 6.07 Å². The van der Waals surface area contributed by atoms with E-state index in [0.29, 0.717) is 0 Å². The van der Waals surface area contributed by atoms with Crippen molar-refractivity contribution in [2.75, 3.05) is 12.8 Å². The quantitative estimate of drug-likeness (QED) is 0.473. The van der Waals surface area contributed by atoms with Gasteiger partial charge in [0.1, 0.15) is 11.8 Å². The van der Waals surface area contributed by atoms with Gasteiger partial charge in [-0.3, -0.25) is 14.9 Å². The Morgan fingerprint density at radius 2 is 2.08 bits per heavy atom. The van der Waals surface area contributed by atoms with Gasteiger partial charge in [0.15, 0.2) is 5.69 Å². The summed E-state index contributed by atoms with van der Waals surface area (Å²) in [5.74, 6) is -1.71. The molecule has 10 nitrogen and oxygen atoms in total. The first-order valence-corrected chi connectivity index (χ1v) is 6.39. The van der Waals surface area contributed by atoms with Crippen LogP contribution in [0.3, 0.4) is 0 Å². The molecule has 2 aromatic rings. The van der Waals surface area contributed by atoms with E-state index in [1.54, 1.807) is 6.07 Å². The number of nitro benzene ring substituents is 1. The van der Waals surface area contributed by atoms with Gasteiger partial charge in [-0.1, -0.05) is 0 Å². The maximum atomic E-state index is 12.0. The molecule has 1 aromatic heterocycles. The number of nitro groups is 1. The number of aromatic nitrogens is 1. The zero-order valence-electron chi connectivity index (χ0n) is 12.3. The zero-order valence-corrected chi connectivity index (χ0v) is 12.3. The predicted molar refractivity (Wildman–Crippen MR) is 81.4 cm³/mol. The third-order valence-corrected chi connectivity index (χ3v) is 3.26. The van der Waals surface area contributed by atoms with Crippen molar-refractivity contribution >= 4 is 23.3 Å². The zero-order chi connectivity index (χ0) is 18.0. The molecule has 1 amide bonds. The van der Waals surface area contributed by atoms with Crippen molar-refractivity contribution in [2.24, 2.45) is 5.73 Å². The number of hydrogen-bond donors (Lipinski definition) is 2. The van der Waals surface area contributed by atoms with Gasteiger partial charge in [0.2, 0.25) is 5.91 Å². The molecule has 10 heteroatoms. The smallest absolute Gasteiger partial charge is 0.357 e. The topological polar surface area (TPSA) is 167 Å². The molecule has 122 valence electrons. The number of ether oxygens (including phenoxy) is 1. The van der Waals surface area contributed by atoms with Gasteiger partial charge in [-0.25, -0.2) is 4.79 Å². The lowest BCUT2D eigenvalue weighted by atomic mass is 10.1. The Bertz CT molecular complexity index is 909. The SMILES string of the molecule is COC(=O)c1c(N)c(C#N)cn1-c1cc(C(N)=O)ccc1[N+](=O)[O-]. The molecule has 0 radical (unpaired) electrons. The van der Waals surface area contributed by atoms with Gasteiger partial charge in [-0.05, 0) is 12.1 Å². The molecule has 0 bridgehead atoms. The third kappa shape index (κ3) is 2.61. The largest absolute Gasteiger partial charge is 0.464 e. The Kier molecular flexibility index (Phi) is 4.19. The number of benzene rings is 1. The number of methoxy groups -OCH3 is 1. The lowest BCUT2D eigenvalue weighted by molar-refractivity contribution is -0.384. The minimum absolute atomic E-state index is 0.0165. The van der Waals surface area contributed by atoms with Crippen LogP contribution in [0.25, 0.3) is 5.69 Å². The fourth-order valence-electron chi connectivity index (χ4n) is 2.13. The van der Waals surface area contributed by atoms with E-state index in [1.807, 2.05) is 0 Å². The fraction of sp³-hybridized carbons (Fsp3) is 0.0714. The number of carbonyl (C=O) groups excluding carboxylic acids is 2. The van der Waals surface area contributed by atoms with E-state index in [-0.39, 0.29) is 28.2 Å². The van der Waals surface area contributed by atoms with E-state index in [9.17, 15) is 19.7 Å². The monoisotopic (exact) mass is 329 g/mol. The fourth-order valence-corrected chi connectivity index (χ4v) is 2.13. The Morgan fingerprint density at radius 3 is 2.58 bits per heavy atom. The maximum absolute atomic E-state index is 12.0. The van der Waals surface area contributed by atoms with Gasteiger partial charge in [0, 0.05) is 17.8 Å². The molecule has 24 heavy (non-hydrogen) atoms. The first-order chi connectivity index (χ1) is 11.3. The van der Waals surface area contributed by atoms with Crippen LogP contribution in [0, 0.1) is 21.4 Å². The van der Waals surface area contributed by atoms with Crippen molar-refractivity contribution in [3.05, 3.63) is 51.3 Å². The Morgan fingerprint density at radius 1 is 1.42 bits per heavy atom. The van der Waals surface area contributed by atoms with Gasteiger partial charge >= 0.3 is 5.97 Å². The molecule has 0 unspecified atom stereocenters. The van der Waals surface area contributed by atoms with E-state index >= 15 is 0 Å². The second-order valence-corrected chi connectivity index (χ2v) is 4.60. The highest BCUT2D eigenvalue weighted by Gasteiger charge is 2.26. The number of anilines is 1. The van der Waals surface area contributed by atoms with Crippen LogP contribution in [0.5, 0.6) is 0 Å². The molecule has 0 atom stereocenters. The molecule has 0 aliphatic carbocycles. The number of rotatable bonds is 4. The second-order valence-electron chi connectivity index (χ2n) is 4.60. The van der Waals surface area contributed by atoms with Gasteiger partial charge in [-0.15, -0.1) is 0 Å². The number of amides is 1. The minimum atomic E-state index is -0.896. The molecule has 4 N–H and O–H groups in total. The van der Waals surface area contributed by atoms with Gasteiger partial charge in [0.05, 0.1) is 23.3 Å². The molecule has 2 rings (SSSR count). The van der Waals surface area contributed by atoms with E-state index in [0.717, 1.165) is 30.0 Å². The molecule has 0 aliphatic heterocycles. The van der Waals surface area contributed by atoms with Crippen molar-refractivity contribution in [2.45, 2.75) is 0 Å². The summed E-state index contributed by atoms with van der Waals surface area (Å²) in [6.07, 6.45) is 1.15. The molecule has 0 aliphatic rings. The molecule has 1 heterocycles. The highest BCUT2D eigenvalue weighted by molar-refractivity contribution is 5.97. The average Bonchev–Trinajstić information content (AvgIpc) is 2.89. The highest BCUT2D eigenvalue weighted by atomic mass is 16.6. The van der Waals surface area contributed by atoms with Crippen LogP contribution in [-0.4, -0.2) is 28.5 Å². The normalized spacial score (nSPS) is 10.0. The van der Waals surface area contributed by atoms with Crippen molar-refractivity contribution in [3.8, 4) is 11.8 Å². The molecule has 1 aromatic carbocycles. The lowest BCUT2D eigenvalue weighted by Gasteiger charge is -2.10. The Balaban J connectivity index is 2.87. The number of primary amides is 1. The highest BCUT2D eigenvalue weighted by Crippen LogP contribution is 2.30. The van der Waals surface area contributed by atoms with Crippen molar-refractivity contribution in [1.82, 2.24) is 4.57 Å². The summed E-state index contributed by atoms with van der Waals surface area (Å²) in [6, 6.07) is 5.16. The molecule has 0 spiro atoms. The van der Waals surface area contributed by atoms with Crippen LogP contribution in [0.2, 0.25) is 0 Å². The summed E-state index contributed by atoms with van der Waals surface area (Å²) in [5, 5.41) is 20.3.